The number of hydrogen-bond acceptors (Lipinski definition) is 4. The highest BCUT2D eigenvalue weighted by molar-refractivity contribution is 5.00. The van der Waals surface area contributed by atoms with Gasteiger partial charge in [-0.15, -0.1) is 0 Å². The second-order valence-electron chi connectivity index (χ2n) is 6.28. The molecule has 0 aromatic carbocycles. The summed E-state index contributed by atoms with van der Waals surface area (Å²) in [5, 5.41) is 9.49. The number of hydrogen-bond donors (Lipinski definition) is 2. The van der Waals surface area contributed by atoms with E-state index in [2.05, 4.69) is 23.9 Å². The molecule has 1 heterocycles. The van der Waals surface area contributed by atoms with E-state index < -0.39 is 0 Å². The van der Waals surface area contributed by atoms with Gasteiger partial charge in [-0.2, -0.15) is 0 Å². The molecule has 100 valence electrons. The molecule has 1 saturated carbocycles. The third kappa shape index (κ3) is 3.41. The van der Waals surface area contributed by atoms with Gasteiger partial charge in [-0.25, -0.2) is 0 Å². The van der Waals surface area contributed by atoms with Crippen LogP contribution in [0.1, 0.15) is 19.3 Å². The average molecular weight is 241 g/mol. The predicted octanol–water partition coefficient (Wildman–Crippen LogP) is -0.0303. The van der Waals surface area contributed by atoms with E-state index in [0.717, 1.165) is 19.0 Å². The van der Waals surface area contributed by atoms with Crippen molar-refractivity contribution in [1.82, 2.24) is 9.80 Å². The Morgan fingerprint density at radius 1 is 1.41 bits per heavy atom. The highest BCUT2D eigenvalue weighted by Crippen LogP contribution is 2.38. The molecule has 2 fully saturated rings. The van der Waals surface area contributed by atoms with E-state index in [1.54, 1.807) is 0 Å². The Bertz CT molecular complexity index is 257. The molecule has 0 spiro atoms. The highest BCUT2D eigenvalue weighted by atomic mass is 16.3. The SMILES string of the molecule is CN1CCC(CN(C)CC(N)(CO)C2CC2)C1. The maximum Gasteiger partial charge on any atom is 0.0626 e. The van der Waals surface area contributed by atoms with Gasteiger partial charge >= 0.3 is 0 Å². The van der Waals surface area contributed by atoms with Gasteiger partial charge in [-0.3, -0.25) is 0 Å². The van der Waals surface area contributed by atoms with Crippen molar-refractivity contribution in [2.75, 3.05) is 46.9 Å². The molecule has 2 unspecified atom stereocenters. The molecule has 0 aromatic heterocycles. The topological polar surface area (TPSA) is 52.7 Å². The molecule has 3 N–H and O–H groups in total. The fraction of sp³-hybridized carbons (Fsp3) is 1.00. The van der Waals surface area contributed by atoms with Crippen molar-refractivity contribution in [3.8, 4) is 0 Å². The number of likely N-dealkylation sites (tertiary alicyclic amines) is 1. The maximum absolute atomic E-state index is 9.49. The van der Waals surface area contributed by atoms with Gasteiger partial charge in [0.25, 0.3) is 0 Å². The van der Waals surface area contributed by atoms with E-state index >= 15 is 0 Å². The van der Waals surface area contributed by atoms with E-state index in [0.29, 0.717) is 5.92 Å². The first-order valence-corrected chi connectivity index (χ1v) is 6.80. The van der Waals surface area contributed by atoms with Crippen LogP contribution in [0.2, 0.25) is 0 Å². The van der Waals surface area contributed by atoms with Gasteiger partial charge in [0.05, 0.1) is 12.1 Å². The molecule has 1 aliphatic heterocycles. The quantitative estimate of drug-likeness (QED) is 0.686. The first-order valence-electron chi connectivity index (χ1n) is 6.80. The summed E-state index contributed by atoms with van der Waals surface area (Å²) in [5.41, 5.74) is 5.94. The van der Waals surface area contributed by atoms with Crippen LogP contribution in [-0.4, -0.2) is 67.3 Å². The normalized spacial score (nSPS) is 29.8. The van der Waals surface area contributed by atoms with Gasteiger partial charge in [-0.1, -0.05) is 0 Å². The Morgan fingerprint density at radius 2 is 2.12 bits per heavy atom. The molecule has 2 rings (SSSR count). The molecule has 0 bridgehead atoms. The predicted molar refractivity (Wildman–Crippen MR) is 69.8 cm³/mol. The van der Waals surface area contributed by atoms with Crippen molar-refractivity contribution in [3.05, 3.63) is 0 Å². The van der Waals surface area contributed by atoms with Crippen molar-refractivity contribution in [1.29, 1.82) is 0 Å². The molecule has 4 heteroatoms. The van der Waals surface area contributed by atoms with Gasteiger partial charge in [0.2, 0.25) is 0 Å². The summed E-state index contributed by atoms with van der Waals surface area (Å²) in [5.74, 6) is 1.31. The minimum atomic E-state index is -0.362. The zero-order valence-electron chi connectivity index (χ0n) is 11.2. The van der Waals surface area contributed by atoms with E-state index in [-0.39, 0.29) is 12.1 Å². The number of nitrogens with two attached hydrogens (primary N) is 1. The van der Waals surface area contributed by atoms with Gasteiger partial charge in [-0.05, 0) is 51.7 Å². The number of aliphatic hydroxyl groups is 1. The van der Waals surface area contributed by atoms with Crippen molar-refractivity contribution in [3.63, 3.8) is 0 Å². The molecule has 1 aliphatic carbocycles. The standard InChI is InChI=1S/C13H27N3O/c1-15-6-5-11(7-15)8-16(2)9-13(14,10-17)12-3-4-12/h11-12,17H,3-10,14H2,1-2H3. The molecule has 0 amide bonds. The van der Waals surface area contributed by atoms with Crippen LogP contribution in [0.25, 0.3) is 0 Å². The van der Waals surface area contributed by atoms with E-state index in [4.69, 9.17) is 5.73 Å². The van der Waals surface area contributed by atoms with Crippen molar-refractivity contribution >= 4 is 0 Å². The summed E-state index contributed by atoms with van der Waals surface area (Å²) < 4.78 is 0. The number of aliphatic hydroxyl groups excluding tert-OH is 1. The van der Waals surface area contributed by atoms with E-state index in [9.17, 15) is 5.11 Å². The van der Waals surface area contributed by atoms with Crippen LogP contribution in [0.3, 0.4) is 0 Å². The van der Waals surface area contributed by atoms with Crippen LogP contribution >= 0.6 is 0 Å². The van der Waals surface area contributed by atoms with Crippen molar-refractivity contribution < 1.29 is 5.11 Å². The van der Waals surface area contributed by atoms with Crippen LogP contribution in [0.4, 0.5) is 0 Å². The van der Waals surface area contributed by atoms with Gasteiger partial charge in [0.1, 0.15) is 0 Å². The zero-order valence-corrected chi connectivity index (χ0v) is 11.2. The lowest BCUT2D eigenvalue weighted by molar-refractivity contribution is 0.126. The molecule has 2 atom stereocenters. The lowest BCUT2D eigenvalue weighted by Gasteiger charge is -2.33. The fourth-order valence-corrected chi connectivity index (χ4v) is 3.15. The van der Waals surface area contributed by atoms with Crippen LogP contribution in [0, 0.1) is 11.8 Å². The summed E-state index contributed by atoms with van der Waals surface area (Å²) in [4.78, 5) is 4.71. The van der Waals surface area contributed by atoms with E-state index in [1.807, 2.05) is 0 Å². The van der Waals surface area contributed by atoms with Crippen LogP contribution in [0.5, 0.6) is 0 Å². The summed E-state index contributed by atoms with van der Waals surface area (Å²) in [6.07, 6.45) is 3.68. The smallest absolute Gasteiger partial charge is 0.0626 e. The average Bonchev–Trinajstić information content (AvgIpc) is 3.04. The maximum atomic E-state index is 9.49. The summed E-state index contributed by atoms with van der Waals surface area (Å²) in [7, 11) is 4.32. The minimum Gasteiger partial charge on any atom is -0.394 e. The molecule has 2 aliphatic rings. The summed E-state index contributed by atoms with van der Waals surface area (Å²) >= 11 is 0. The van der Waals surface area contributed by atoms with Gasteiger partial charge in [0.15, 0.2) is 0 Å². The first-order chi connectivity index (χ1) is 8.03. The van der Waals surface area contributed by atoms with Gasteiger partial charge in [0, 0.05) is 19.6 Å². The molecular formula is C13H27N3O. The van der Waals surface area contributed by atoms with Crippen LogP contribution in [0.15, 0.2) is 0 Å². The highest BCUT2D eigenvalue weighted by Gasteiger charge is 2.42. The molecule has 0 aromatic rings. The minimum absolute atomic E-state index is 0.118. The Labute approximate surface area is 105 Å². The lowest BCUT2D eigenvalue weighted by Crippen LogP contribution is -2.54. The second-order valence-corrected chi connectivity index (χ2v) is 6.28. The number of rotatable bonds is 6. The fourth-order valence-electron chi connectivity index (χ4n) is 3.15. The van der Waals surface area contributed by atoms with Crippen molar-refractivity contribution in [2.24, 2.45) is 17.6 Å². The first kappa shape index (κ1) is 13.3. The second kappa shape index (κ2) is 5.22. The van der Waals surface area contributed by atoms with Crippen LogP contribution in [-0.2, 0) is 0 Å². The number of likely N-dealkylation sites (N-methyl/N-ethyl adjacent to an activating group) is 1. The molecule has 0 radical (unpaired) electrons. The largest absolute Gasteiger partial charge is 0.394 e. The van der Waals surface area contributed by atoms with E-state index in [1.165, 1.54) is 32.4 Å². The molecular weight excluding hydrogens is 214 g/mol. The van der Waals surface area contributed by atoms with Gasteiger partial charge < -0.3 is 20.6 Å². The summed E-state index contributed by atoms with van der Waals surface area (Å²) in [6.45, 7) is 4.47. The summed E-state index contributed by atoms with van der Waals surface area (Å²) in [6, 6.07) is 0. The molecule has 17 heavy (non-hydrogen) atoms. The molecule has 4 nitrogen and oxygen atoms in total. The Balaban J connectivity index is 1.77. The van der Waals surface area contributed by atoms with Crippen LogP contribution < -0.4 is 5.73 Å². The van der Waals surface area contributed by atoms with Crippen molar-refractivity contribution in [2.45, 2.75) is 24.8 Å². The third-order valence-corrected chi connectivity index (χ3v) is 4.31. The lowest BCUT2D eigenvalue weighted by atomic mass is 9.94. The zero-order chi connectivity index (χ0) is 12.5. The Kier molecular flexibility index (Phi) is 4.08. The Hall–Kier alpha value is -0.160. The molecule has 1 saturated heterocycles. The number of nitrogens with zero attached hydrogens (tertiary/aromatic N) is 2. The monoisotopic (exact) mass is 241 g/mol. The third-order valence-electron chi connectivity index (χ3n) is 4.31. The Morgan fingerprint density at radius 3 is 2.59 bits per heavy atom.